The lowest BCUT2D eigenvalue weighted by molar-refractivity contribution is 0.0550. The molecule has 2 heteroatoms. The largest absolute Gasteiger partial charge is 0.394 e. The van der Waals surface area contributed by atoms with Crippen LogP contribution in [0.2, 0.25) is 0 Å². The lowest BCUT2D eigenvalue weighted by Gasteiger charge is -2.21. The average Bonchev–Trinajstić information content (AvgIpc) is 2.39. The van der Waals surface area contributed by atoms with E-state index in [4.69, 9.17) is 9.84 Å². The van der Waals surface area contributed by atoms with Crippen LogP contribution in [0, 0.1) is 0 Å². The second-order valence-corrected chi connectivity index (χ2v) is 4.17. The molecular formula is C15H14O2. The van der Waals surface area contributed by atoms with E-state index >= 15 is 0 Å². The highest BCUT2D eigenvalue weighted by molar-refractivity contribution is 5.95. The molecule has 86 valence electrons. The van der Waals surface area contributed by atoms with E-state index in [9.17, 15) is 0 Å². The van der Waals surface area contributed by atoms with Crippen LogP contribution < -0.4 is 0 Å². The lowest BCUT2D eigenvalue weighted by atomic mass is 9.91. The molecule has 0 radical (unpaired) electrons. The summed E-state index contributed by atoms with van der Waals surface area (Å²) in [6.45, 7) is 0.426. The van der Waals surface area contributed by atoms with Gasteiger partial charge in [-0.15, -0.1) is 0 Å². The fraction of sp³-hybridized carbons (Fsp3) is 0.200. The van der Waals surface area contributed by atoms with E-state index in [1.165, 1.54) is 21.9 Å². The van der Waals surface area contributed by atoms with Gasteiger partial charge in [-0.05, 0) is 21.9 Å². The minimum absolute atomic E-state index is 0.0410. The van der Waals surface area contributed by atoms with E-state index in [1.807, 2.05) is 6.08 Å². The van der Waals surface area contributed by atoms with Gasteiger partial charge in [-0.2, -0.15) is 0 Å². The quantitative estimate of drug-likeness (QED) is 0.872. The predicted molar refractivity (Wildman–Crippen MR) is 68.8 cm³/mol. The fourth-order valence-corrected chi connectivity index (χ4v) is 2.40. The van der Waals surface area contributed by atoms with Crippen LogP contribution in [0.4, 0.5) is 0 Å². The molecule has 2 aromatic rings. The van der Waals surface area contributed by atoms with Gasteiger partial charge in [0, 0.05) is 0 Å². The zero-order valence-corrected chi connectivity index (χ0v) is 9.47. The molecule has 1 aliphatic rings. The maximum Gasteiger partial charge on any atom is 0.102 e. The summed E-state index contributed by atoms with van der Waals surface area (Å²) >= 11 is 0. The molecule has 0 bridgehead atoms. The van der Waals surface area contributed by atoms with E-state index in [2.05, 4.69) is 42.5 Å². The molecule has 0 spiro atoms. The zero-order chi connectivity index (χ0) is 11.7. The van der Waals surface area contributed by atoms with E-state index < -0.39 is 0 Å². The molecule has 0 aliphatic heterocycles. The third-order valence-electron chi connectivity index (χ3n) is 3.11. The summed E-state index contributed by atoms with van der Waals surface area (Å²) in [6, 6.07) is 12.6. The van der Waals surface area contributed by atoms with E-state index in [0.717, 1.165) is 0 Å². The summed E-state index contributed by atoms with van der Waals surface area (Å²) in [5.41, 5.74) is 2.43. The Morgan fingerprint density at radius 1 is 1.12 bits per heavy atom. The van der Waals surface area contributed by atoms with Crippen LogP contribution in [-0.4, -0.2) is 18.3 Å². The van der Waals surface area contributed by atoms with Crippen LogP contribution in [-0.2, 0) is 4.74 Å². The molecule has 0 amide bonds. The van der Waals surface area contributed by atoms with Gasteiger partial charge in [-0.3, -0.25) is 0 Å². The first kappa shape index (κ1) is 10.5. The van der Waals surface area contributed by atoms with Crippen molar-refractivity contribution in [3.05, 3.63) is 53.6 Å². The minimum Gasteiger partial charge on any atom is -0.394 e. The summed E-state index contributed by atoms with van der Waals surface area (Å²) < 4.78 is 5.64. The normalized spacial score (nSPS) is 17.6. The molecule has 2 nitrogen and oxygen atoms in total. The molecule has 1 aliphatic carbocycles. The van der Waals surface area contributed by atoms with Crippen LogP contribution in [0.5, 0.6) is 0 Å². The Morgan fingerprint density at radius 2 is 1.94 bits per heavy atom. The van der Waals surface area contributed by atoms with Gasteiger partial charge in [-0.1, -0.05) is 48.6 Å². The van der Waals surface area contributed by atoms with Crippen molar-refractivity contribution in [3.63, 3.8) is 0 Å². The minimum atomic E-state index is -0.0410. The monoisotopic (exact) mass is 226 g/mol. The van der Waals surface area contributed by atoms with Crippen molar-refractivity contribution in [2.75, 3.05) is 13.2 Å². The fourth-order valence-electron chi connectivity index (χ4n) is 2.40. The van der Waals surface area contributed by atoms with Crippen molar-refractivity contribution in [1.82, 2.24) is 0 Å². The SMILES string of the molecule is OCCOC1C=Cc2cccc3cccc1c23. The highest BCUT2D eigenvalue weighted by Gasteiger charge is 2.17. The van der Waals surface area contributed by atoms with Gasteiger partial charge in [0.1, 0.15) is 6.10 Å². The Hall–Kier alpha value is -1.64. The molecule has 0 heterocycles. The predicted octanol–water partition coefficient (Wildman–Crippen LogP) is 2.92. The number of ether oxygens (including phenoxy) is 1. The summed E-state index contributed by atoms with van der Waals surface area (Å²) in [4.78, 5) is 0. The number of aliphatic hydroxyl groups excluding tert-OH is 1. The van der Waals surface area contributed by atoms with Crippen molar-refractivity contribution in [3.8, 4) is 0 Å². The maximum absolute atomic E-state index is 8.84. The summed E-state index contributed by atoms with van der Waals surface area (Å²) in [5.74, 6) is 0. The van der Waals surface area contributed by atoms with Crippen molar-refractivity contribution in [2.24, 2.45) is 0 Å². The highest BCUT2D eigenvalue weighted by Crippen LogP contribution is 2.34. The van der Waals surface area contributed by atoms with E-state index in [-0.39, 0.29) is 12.7 Å². The smallest absolute Gasteiger partial charge is 0.102 e. The van der Waals surface area contributed by atoms with Crippen molar-refractivity contribution < 1.29 is 9.84 Å². The van der Waals surface area contributed by atoms with Crippen LogP contribution in [0.25, 0.3) is 16.8 Å². The maximum atomic E-state index is 8.84. The molecule has 2 aromatic carbocycles. The second kappa shape index (κ2) is 4.32. The van der Waals surface area contributed by atoms with Gasteiger partial charge in [0.2, 0.25) is 0 Å². The summed E-state index contributed by atoms with van der Waals surface area (Å²) in [7, 11) is 0. The number of benzene rings is 2. The summed E-state index contributed by atoms with van der Waals surface area (Å²) in [6.07, 6.45) is 4.10. The summed E-state index contributed by atoms with van der Waals surface area (Å²) in [5, 5.41) is 11.3. The van der Waals surface area contributed by atoms with Crippen molar-refractivity contribution in [1.29, 1.82) is 0 Å². The Morgan fingerprint density at radius 3 is 2.76 bits per heavy atom. The topological polar surface area (TPSA) is 29.5 Å². The van der Waals surface area contributed by atoms with Gasteiger partial charge < -0.3 is 9.84 Å². The van der Waals surface area contributed by atoms with E-state index in [1.54, 1.807) is 0 Å². The molecule has 17 heavy (non-hydrogen) atoms. The highest BCUT2D eigenvalue weighted by atomic mass is 16.5. The number of rotatable bonds is 3. The molecular weight excluding hydrogens is 212 g/mol. The van der Waals surface area contributed by atoms with Gasteiger partial charge in [-0.25, -0.2) is 0 Å². The average molecular weight is 226 g/mol. The molecule has 1 unspecified atom stereocenters. The second-order valence-electron chi connectivity index (χ2n) is 4.17. The zero-order valence-electron chi connectivity index (χ0n) is 9.47. The lowest BCUT2D eigenvalue weighted by Crippen LogP contribution is -2.08. The van der Waals surface area contributed by atoms with Gasteiger partial charge in [0.05, 0.1) is 13.2 Å². The van der Waals surface area contributed by atoms with Gasteiger partial charge in [0.25, 0.3) is 0 Å². The molecule has 3 rings (SSSR count). The first-order valence-corrected chi connectivity index (χ1v) is 5.82. The molecule has 1 atom stereocenters. The van der Waals surface area contributed by atoms with Crippen LogP contribution in [0.15, 0.2) is 42.5 Å². The van der Waals surface area contributed by atoms with Crippen LogP contribution in [0.3, 0.4) is 0 Å². The molecule has 0 aromatic heterocycles. The molecule has 0 saturated carbocycles. The van der Waals surface area contributed by atoms with Gasteiger partial charge >= 0.3 is 0 Å². The molecule has 1 N–H and O–H groups in total. The van der Waals surface area contributed by atoms with Crippen LogP contribution in [0.1, 0.15) is 17.2 Å². The molecule has 0 saturated heterocycles. The van der Waals surface area contributed by atoms with Crippen LogP contribution >= 0.6 is 0 Å². The van der Waals surface area contributed by atoms with Gasteiger partial charge in [0.15, 0.2) is 0 Å². The Labute approximate surface area is 100 Å². The Kier molecular flexibility index (Phi) is 2.67. The Bertz CT molecular complexity index is 567. The first-order chi connectivity index (χ1) is 8.40. The Balaban J connectivity index is 2.13. The number of hydrogen-bond donors (Lipinski definition) is 1. The first-order valence-electron chi connectivity index (χ1n) is 5.82. The standard InChI is InChI=1S/C15H14O2/c16-9-10-17-14-8-7-12-4-1-3-11-5-2-6-13(14)15(11)12/h1-8,14,16H,9-10H2. The third-order valence-corrected chi connectivity index (χ3v) is 3.11. The third kappa shape index (κ3) is 1.75. The molecule has 0 fully saturated rings. The van der Waals surface area contributed by atoms with E-state index in [0.29, 0.717) is 6.61 Å². The van der Waals surface area contributed by atoms with Crippen molar-refractivity contribution in [2.45, 2.75) is 6.10 Å². The number of hydrogen-bond acceptors (Lipinski definition) is 2. The number of aliphatic hydroxyl groups is 1. The van der Waals surface area contributed by atoms with Crippen molar-refractivity contribution >= 4 is 16.8 Å².